The molecular weight excluding hydrogens is 179 g/mol. The van der Waals surface area contributed by atoms with Crippen molar-refractivity contribution in [3.05, 3.63) is 35.6 Å². The molecule has 0 fully saturated rings. The smallest absolute Gasteiger partial charge is 0.180 e. The van der Waals surface area contributed by atoms with Crippen LogP contribution in [0.2, 0.25) is 0 Å². The number of benzene rings is 1. The molecule has 1 atom stereocenters. The fraction of sp³-hybridized carbons (Fsp3) is 0.222. The first kappa shape index (κ1) is 9.20. The van der Waals surface area contributed by atoms with Crippen LogP contribution in [0.3, 0.4) is 0 Å². The third-order valence-corrected chi connectivity index (χ3v) is 1.69. The molecule has 0 N–H and O–H groups in total. The summed E-state index contributed by atoms with van der Waals surface area (Å²) in [5.74, 6) is -0.537. The minimum atomic E-state index is -0.560. The fourth-order valence-electron chi connectivity index (χ4n) is 0.844. The second-order valence-electron chi connectivity index (χ2n) is 2.49. The molecule has 0 saturated heterocycles. The second-order valence-corrected chi connectivity index (χ2v) is 3.14. The van der Waals surface area contributed by atoms with E-state index in [9.17, 15) is 9.18 Å². The van der Waals surface area contributed by atoms with E-state index in [1.807, 2.05) is 0 Å². The van der Waals surface area contributed by atoms with Crippen molar-refractivity contribution in [2.45, 2.75) is 12.3 Å². The van der Waals surface area contributed by atoms with Crippen LogP contribution < -0.4 is 0 Å². The van der Waals surface area contributed by atoms with Crippen molar-refractivity contribution in [1.29, 1.82) is 0 Å². The van der Waals surface area contributed by atoms with Crippen molar-refractivity contribution in [2.24, 2.45) is 0 Å². The maximum Gasteiger partial charge on any atom is 0.180 e. The number of alkyl halides is 1. The minimum absolute atomic E-state index is 0.184. The Morgan fingerprint density at radius 3 is 2.33 bits per heavy atom. The summed E-state index contributed by atoms with van der Waals surface area (Å²) in [4.78, 5) is 11.2. The highest BCUT2D eigenvalue weighted by molar-refractivity contribution is 6.33. The van der Waals surface area contributed by atoms with Crippen LogP contribution in [0.15, 0.2) is 24.3 Å². The Balaban J connectivity index is 2.90. The minimum Gasteiger partial charge on any atom is -0.293 e. The molecule has 0 heterocycles. The lowest BCUT2D eigenvalue weighted by Crippen LogP contribution is -2.09. The molecule has 0 radical (unpaired) electrons. The first-order valence-corrected chi connectivity index (χ1v) is 3.99. The topological polar surface area (TPSA) is 17.1 Å². The third-order valence-electron chi connectivity index (χ3n) is 1.49. The molecule has 0 saturated carbocycles. The fourth-order valence-corrected chi connectivity index (χ4v) is 0.970. The number of hydrogen-bond donors (Lipinski definition) is 0. The molecule has 3 heteroatoms. The van der Waals surface area contributed by atoms with Crippen LogP contribution in [0, 0.1) is 5.82 Å². The molecule has 1 rings (SSSR count). The Hall–Kier alpha value is -0.890. The van der Waals surface area contributed by atoms with E-state index in [1.54, 1.807) is 6.92 Å². The molecule has 1 aromatic rings. The molecule has 0 unspecified atom stereocenters. The van der Waals surface area contributed by atoms with Crippen molar-refractivity contribution >= 4 is 17.4 Å². The highest BCUT2D eigenvalue weighted by Gasteiger charge is 2.11. The quantitative estimate of drug-likeness (QED) is 0.513. The molecule has 1 aromatic carbocycles. The van der Waals surface area contributed by atoms with E-state index in [4.69, 9.17) is 11.6 Å². The molecule has 64 valence electrons. The van der Waals surface area contributed by atoms with Crippen LogP contribution in [-0.2, 0) is 0 Å². The molecule has 1 nitrogen and oxygen atoms in total. The van der Waals surface area contributed by atoms with Gasteiger partial charge in [-0.2, -0.15) is 0 Å². The van der Waals surface area contributed by atoms with E-state index < -0.39 is 5.38 Å². The number of halogens is 2. The summed E-state index contributed by atoms with van der Waals surface area (Å²) in [6, 6.07) is 5.34. The van der Waals surface area contributed by atoms with Gasteiger partial charge in [-0.05, 0) is 31.2 Å². The molecule has 12 heavy (non-hydrogen) atoms. The Labute approximate surface area is 75.2 Å². The third kappa shape index (κ3) is 2.05. The van der Waals surface area contributed by atoms with Gasteiger partial charge in [0, 0.05) is 5.56 Å². The normalized spacial score (nSPS) is 12.6. The molecule has 0 aromatic heterocycles. The lowest BCUT2D eigenvalue weighted by Gasteiger charge is -2.00. The summed E-state index contributed by atoms with van der Waals surface area (Å²) in [5.41, 5.74) is 0.443. The number of rotatable bonds is 2. The SMILES string of the molecule is C[C@@H](Cl)C(=O)c1ccc(F)cc1. The first-order valence-electron chi connectivity index (χ1n) is 3.55. The zero-order chi connectivity index (χ0) is 9.14. The van der Waals surface area contributed by atoms with Crippen LogP contribution in [0.25, 0.3) is 0 Å². The predicted molar refractivity (Wildman–Crippen MR) is 46.0 cm³/mol. The van der Waals surface area contributed by atoms with Crippen LogP contribution in [0.5, 0.6) is 0 Å². The van der Waals surface area contributed by atoms with Gasteiger partial charge in [0.2, 0.25) is 0 Å². The van der Waals surface area contributed by atoms with E-state index in [1.165, 1.54) is 24.3 Å². The zero-order valence-electron chi connectivity index (χ0n) is 6.55. The molecule has 0 bridgehead atoms. The first-order chi connectivity index (χ1) is 5.61. The van der Waals surface area contributed by atoms with Gasteiger partial charge in [0.05, 0.1) is 5.38 Å². The maximum absolute atomic E-state index is 12.4. The molecule has 0 spiro atoms. The predicted octanol–water partition coefficient (Wildman–Crippen LogP) is 2.64. The van der Waals surface area contributed by atoms with Crippen LogP contribution in [0.4, 0.5) is 4.39 Å². The van der Waals surface area contributed by atoms with Gasteiger partial charge in [-0.3, -0.25) is 4.79 Å². The lowest BCUT2D eigenvalue weighted by atomic mass is 10.1. The summed E-state index contributed by atoms with van der Waals surface area (Å²) in [6.45, 7) is 1.59. The number of carbonyl (C=O) groups is 1. The number of ketones is 1. The second kappa shape index (κ2) is 3.68. The van der Waals surface area contributed by atoms with Crippen LogP contribution in [0.1, 0.15) is 17.3 Å². The number of carbonyl (C=O) groups excluding carboxylic acids is 1. The van der Waals surface area contributed by atoms with Gasteiger partial charge in [0.1, 0.15) is 5.82 Å². The van der Waals surface area contributed by atoms with Gasteiger partial charge >= 0.3 is 0 Å². The lowest BCUT2D eigenvalue weighted by molar-refractivity contribution is 0.0991. The summed E-state index contributed by atoms with van der Waals surface area (Å²) in [7, 11) is 0. The van der Waals surface area contributed by atoms with Crippen molar-refractivity contribution in [3.63, 3.8) is 0 Å². The Bertz CT molecular complexity index is 279. The number of Topliss-reactive ketones (excluding diaryl/α,β-unsaturated/α-hetero) is 1. The molecule has 0 aliphatic rings. The van der Waals surface area contributed by atoms with Gasteiger partial charge in [-0.25, -0.2) is 4.39 Å². The Kier molecular flexibility index (Phi) is 2.82. The molecular formula is C9H8ClFO. The Morgan fingerprint density at radius 1 is 1.42 bits per heavy atom. The Morgan fingerprint density at radius 2 is 1.92 bits per heavy atom. The van der Waals surface area contributed by atoms with Gasteiger partial charge in [0.25, 0.3) is 0 Å². The van der Waals surface area contributed by atoms with Gasteiger partial charge < -0.3 is 0 Å². The molecule has 0 amide bonds. The summed E-state index contributed by atoms with van der Waals surface area (Å²) in [5, 5.41) is -0.560. The highest BCUT2D eigenvalue weighted by Crippen LogP contribution is 2.08. The van der Waals surface area contributed by atoms with Crippen molar-refractivity contribution in [1.82, 2.24) is 0 Å². The van der Waals surface area contributed by atoms with E-state index in [-0.39, 0.29) is 11.6 Å². The molecule has 0 aliphatic heterocycles. The van der Waals surface area contributed by atoms with E-state index >= 15 is 0 Å². The van der Waals surface area contributed by atoms with Gasteiger partial charge in [0.15, 0.2) is 5.78 Å². The van der Waals surface area contributed by atoms with Crippen molar-refractivity contribution in [2.75, 3.05) is 0 Å². The summed E-state index contributed by atoms with van der Waals surface area (Å²) in [6.07, 6.45) is 0. The van der Waals surface area contributed by atoms with Crippen LogP contribution in [-0.4, -0.2) is 11.2 Å². The average molecular weight is 187 g/mol. The van der Waals surface area contributed by atoms with Crippen molar-refractivity contribution in [3.8, 4) is 0 Å². The average Bonchev–Trinajstić information content (AvgIpc) is 2.04. The van der Waals surface area contributed by atoms with Gasteiger partial charge in [-0.15, -0.1) is 11.6 Å². The van der Waals surface area contributed by atoms with Crippen LogP contribution >= 0.6 is 11.6 Å². The zero-order valence-corrected chi connectivity index (χ0v) is 7.31. The van der Waals surface area contributed by atoms with E-state index in [0.29, 0.717) is 5.56 Å². The number of hydrogen-bond acceptors (Lipinski definition) is 1. The maximum atomic E-state index is 12.4. The molecule has 0 aliphatic carbocycles. The van der Waals surface area contributed by atoms with Crippen molar-refractivity contribution < 1.29 is 9.18 Å². The summed E-state index contributed by atoms with van der Waals surface area (Å²) >= 11 is 5.56. The largest absolute Gasteiger partial charge is 0.293 e. The van der Waals surface area contributed by atoms with E-state index in [0.717, 1.165) is 0 Å². The van der Waals surface area contributed by atoms with E-state index in [2.05, 4.69) is 0 Å². The van der Waals surface area contributed by atoms with Gasteiger partial charge in [-0.1, -0.05) is 0 Å². The monoisotopic (exact) mass is 186 g/mol. The standard InChI is InChI=1S/C9H8ClFO/c1-6(10)9(12)7-2-4-8(11)5-3-7/h2-6H,1H3/t6-/m1/s1. The summed E-state index contributed by atoms with van der Waals surface area (Å²) < 4.78 is 12.4. The highest BCUT2D eigenvalue weighted by atomic mass is 35.5.